The van der Waals surface area contributed by atoms with Gasteiger partial charge in [0.05, 0.1) is 18.2 Å². The molecular weight excluding hydrogens is 444 g/mol. The lowest BCUT2D eigenvalue weighted by Crippen LogP contribution is -2.31. The van der Waals surface area contributed by atoms with Crippen LogP contribution in [-0.4, -0.2) is 36.0 Å². The van der Waals surface area contributed by atoms with Crippen molar-refractivity contribution in [3.8, 4) is 17.2 Å². The predicted molar refractivity (Wildman–Crippen MR) is 123 cm³/mol. The number of benzene rings is 3. The molecule has 0 unspecified atom stereocenters. The lowest BCUT2D eigenvalue weighted by molar-refractivity contribution is -0.0512. The van der Waals surface area contributed by atoms with Gasteiger partial charge in [0.1, 0.15) is 0 Å². The van der Waals surface area contributed by atoms with Gasteiger partial charge >= 0.3 is 6.61 Å². The minimum atomic E-state index is -2.96. The molecule has 1 N–H and O–H groups in total. The van der Waals surface area contributed by atoms with Crippen LogP contribution in [0.4, 0.5) is 8.78 Å². The summed E-state index contributed by atoms with van der Waals surface area (Å²) in [6.07, 6.45) is 0.410. The van der Waals surface area contributed by atoms with E-state index in [-0.39, 0.29) is 29.3 Å². The van der Waals surface area contributed by atoms with Crippen LogP contribution in [0, 0.1) is 0 Å². The van der Waals surface area contributed by atoms with Crippen molar-refractivity contribution in [2.45, 2.75) is 13.0 Å². The molecule has 3 aromatic carbocycles. The topological polar surface area (TPSA) is 82.5 Å². The SMILES string of the molecule is COc1cc(CCNC(=O)c2nn(-c3ccccc3)c(=O)c3ccccc23)ccc1OC(F)F. The molecule has 9 heteroatoms. The highest BCUT2D eigenvalue weighted by molar-refractivity contribution is 6.04. The van der Waals surface area contributed by atoms with Gasteiger partial charge in [-0.15, -0.1) is 0 Å². The summed E-state index contributed by atoms with van der Waals surface area (Å²) in [6, 6.07) is 20.3. The maximum atomic E-state index is 13.0. The number of nitrogens with one attached hydrogen (secondary N) is 1. The zero-order chi connectivity index (χ0) is 24.1. The first-order chi connectivity index (χ1) is 16.5. The summed E-state index contributed by atoms with van der Waals surface area (Å²) in [5, 5.41) is 7.99. The van der Waals surface area contributed by atoms with Crippen LogP contribution in [0.25, 0.3) is 16.5 Å². The molecule has 0 atom stereocenters. The number of rotatable bonds is 8. The Balaban J connectivity index is 1.56. The number of hydrogen-bond acceptors (Lipinski definition) is 5. The molecule has 0 spiro atoms. The van der Waals surface area contributed by atoms with Gasteiger partial charge in [-0.1, -0.05) is 42.5 Å². The highest BCUT2D eigenvalue weighted by atomic mass is 19.3. The van der Waals surface area contributed by atoms with Crippen molar-refractivity contribution in [3.05, 3.63) is 94.4 Å². The quantitative estimate of drug-likeness (QED) is 0.426. The molecule has 4 aromatic rings. The summed E-state index contributed by atoms with van der Waals surface area (Å²) in [5.74, 6) is -0.332. The minimum absolute atomic E-state index is 0.0656. The van der Waals surface area contributed by atoms with E-state index in [4.69, 9.17) is 4.74 Å². The van der Waals surface area contributed by atoms with Crippen molar-refractivity contribution in [2.24, 2.45) is 0 Å². The summed E-state index contributed by atoms with van der Waals surface area (Å²) in [5.41, 5.74) is 1.10. The van der Waals surface area contributed by atoms with E-state index in [1.807, 2.05) is 6.07 Å². The van der Waals surface area contributed by atoms with E-state index in [1.165, 1.54) is 17.9 Å². The normalized spacial score (nSPS) is 10.9. The van der Waals surface area contributed by atoms with Gasteiger partial charge in [0.25, 0.3) is 11.5 Å². The van der Waals surface area contributed by atoms with Gasteiger partial charge in [0.15, 0.2) is 17.2 Å². The van der Waals surface area contributed by atoms with Gasteiger partial charge in [-0.2, -0.15) is 18.6 Å². The second kappa shape index (κ2) is 10.1. The Morgan fingerprint density at radius 1 is 1.00 bits per heavy atom. The fourth-order valence-electron chi connectivity index (χ4n) is 3.57. The molecule has 4 rings (SSSR count). The largest absolute Gasteiger partial charge is 0.493 e. The van der Waals surface area contributed by atoms with Crippen molar-refractivity contribution >= 4 is 16.7 Å². The van der Waals surface area contributed by atoms with E-state index in [0.29, 0.717) is 22.9 Å². The first-order valence-electron chi connectivity index (χ1n) is 10.5. The first kappa shape index (κ1) is 22.9. The third-order valence-electron chi connectivity index (χ3n) is 5.16. The molecule has 0 fully saturated rings. The molecule has 1 aromatic heterocycles. The monoisotopic (exact) mass is 465 g/mol. The summed E-state index contributed by atoms with van der Waals surface area (Å²) in [7, 11) is 1.36. The van der Waals surface area contributed by atoms with Crippen LogP contribution in [0.3, 0.4) is 0 Å². The van der Waals surface area contributed by atoms with E-state index in [9.17, 15) is 18.4 Å². The fraction of sp³-hybridized carbons (Fsp3) is 0.160. The number of ether oxygens (including phenoxy) is 2. The van der Waals surface area contributed by atoms with Gasteiger partial charge in [-0.3, -0.25) is 9.59 Å². The third-order valence-corrected chi connectivity index (χ3v) is 5.16. The summed E-state index contributed by atoms with van der Waals surface area (Å²) in [4.78, 5) is 26.0. The van der Waals surface area contributed by atoms with Crippen LogP contribution in [-0.2, 0) is 6.42 Å². The number of para-hydroxylation sites is 1. The fourth-order valence-corrected chi connectivity index (χ4v) is 3.57. The van der Waals surface area contributed by atoms with E-state index < -0.39 is 12.5 Å². The molecule has 1 amide bonds. The molecular formula is C25H21F2N3O4. The number of carbonyl (C=O) groups excluding carboxylic acids is 1. The molecule has 0 saturated heterocycles. The number of fused-ring (bicyclic) bond motifs is 1. The van der Waals surface area contributed by atoms with Crippen LogP contribution in [0.5, 0.6) is 11.5 Å². The van der Waals surface area contributed by atoms with E-state index >= 15 is 0 Å². The first-order valence-corrected chi connectivity index (χ1v) is 10.5. The Hall–Kier alpha value is -4.27. The van der Waals surface area contributed by atoms with Gasteiger partial charge in [-0.05, 0) is 42.3 Å². The molecule has 0 bridgehead atoms. The number of nitrogens with zero attached hydrogens (tertiary/aromatic N) is 2. The number of hydrogen-bond donors (Lipinski definition) is 1. The number of amides is 1. The highest BCUT2D eigenvalue weighted by Crippen LogP contribution is 2.29. The highest BCUT2D eigenvalue weighted by Gasteiger charge is 2.17. The number of alkyl halides is 2. The molecule has 0 aliphatic heterocycles. The Bertz CT molecular complexity index is 1370. The summed E-state index contributed by atoms with van der Waals surface area (Å²) in [6.45, 7) is -2.71. The molecule has 1 heterocycles. The van der Waals surface area contributed by atoms with Crippen molar-refractivity contribution < 1.29 is 23.0 Å². The zero-order valence-corrected chi connectivity index (χ0v) is 18.2. The van der Waals surface area contributed by atoms with E-state index in [2.05, 4.69) is 15.2 Å². The standard InChI is InChI=1S/C25H21F2N3O4/c1-33-21-15-16(11-12-20(21)34-25(26)27)13-14-28-23(31)22-18-9-5-6-10-19(18)24(32)30(29-22)17-7-3-2-4-8-17/h2-12,15,25H,13-14H2,1H3,(H,28,31). The Morgan fingerprint density at radius 2 is 1.71 bits per heavy atom. The Morgan fingerprint density at radius 3 is 2.41 bits per heavy atom. The van der Waals surface area contributed by atoms with Crippen LogP contribution < -0.4 is 20.3 Å². The van der Waals surface area contributed by atoms with Crippen molar-refractivity contribution in [2.75, 3.05) is 13.7 Å². The predicted octanol–water partition coefficient (Wildman–Crippen LogP) is 3.97. The third kappa shape index (κ3) is 4.88. The van der Waals surface area contributed by atoms with Crippen LogP contribution in [0.1, 0.15) is 16.1 Å². The average molecular weight is 465 g/mol. The second-order valence-electron chi connectivity index (χ2n) is 7.32. The number of halogens is 2. The number of carbonyl (C=O) groups is 1. The maximum absolute atomic E-state index is 13.0. The van der Waals surface area contributed by atoms with Gasteiger partial charge in [-0.25, -0.2) is 0 Å². The Kier molecular flexibility index (Phi) is 6.82. The van der Waals surface area contributed by atoms with Crippen molar-refractivity contribution in [3.63, 3.8) is 0 Å². The molecule has 174 valence electrons. The lowest BCUT2D eigenvalue weighted by atomic mass is 10.1. The van der Waals surface area contributed by atoms with Gasteiger partial charge < -0.3 is 14.8 Å². The Labute approximate surface area is 193 Å². The maximum Gasteiger partial charge on any atom is 0.387 e. The van der Waals surface area contributed by atoms with Crippen LogP contribution in [0.2, 0.25) is 0 Å². The van der Waals surface area contributed by atoms with Crippen LogP contribution in [0.15, 0.2) is 77.6 Å². The zero-order valence-electron chi connectivity index (χ0n) is 18.2. The minimum Gasteiger partial charge on any atom is -0.493 e. The van der Waals surface area contributed by atoms with E-state index in [0.717, 1.165) is 5.56 Å². The summed E-state index contributed by atoms with van der Waals surface area (Å²) >= 11 is 0. The van der Waals surface area contributed by atoms with Crippen molar-refractivity contribution in [1.82, 2.24) is 15.1 Å². The number of aromatic nitrogens is 2. The molecule has 0 aliphatic rings. The average Bonchev–Trinajstić information content (AvgIpc) is 2.85. The van der Waals surface area contributed by atoms with E-state index in [1.54, 1.807) is 60.7 Å². The van der Waals surface area contributed by atoms with Gasteiger partial charge in [0.2, 0.25) is 0 Å². The smallest absolute Gasteiger partial charge is 0.387 e. The molecule has 7 nitrogen and oxygen atoms in total. The summed E-state index contributed by atoms with van der Waals surface area (Å²) < 4.78 is 35.8. The van der Waals surface area contributed by atoms with Crippen molar-refractivity contribution in [1.29, 1.82) is 0 Å². The molecule has 0 radical (unpaired) electrons. The number of methoxy groups -OCH3 is 1. The van der Waals surface area contributed by atoms with Gasteiger partial charge in [0, 0.05) is 11.9 Å². The van der Waals surface area contributed by atoms with Crippen LogP contribution >= 0.6 is 0 Å². The second-order valence-corrected chi connectivity index (χ2v) is 7.32. The lowest BCUT2D eigenvalue weighted by Gasteiger charge is -2.13. The molecule has 0 aliphatic carbocycles. The molecule has 0 saturated carbocycles. The molecule has 34 heavy (non-hydrogen) atoms.